The van der Waals surface area contributed by atoms with E-state index in [4.69, 9.17) is 0 Å². The third-order valence-corrected chi connectivity index (χ3v) is 3.22. The summed E-state index contributed by atoms with van der Waals surface area (Å²) in [6, 6.07) is 8.91. The summed E-state index contributed by atoms with van der Waals surface area (Å²) in [6.45, 7) is 3.71. The maximum atomic E-state index is 11.9. The first-order chi connectivity index (χ1) is 8.56. The van der Waals surface area contributed by atoms with Gasteiger partial charge in [-0.15, -0.1) is 0 Å². The number of aromatic nitrogens is 2. The molecule has 0 bridgehead atoms. The Labute approximate surface area is 114 Å². The van der Waals surface area contributed by atoms with Crippen molar-refractivity contribution in [1.29, 1.82) is 0 Å². The number of anilines is 1. The number of hydrogen-bond acceptors (Lipinski definition) is 3. The molecule has 0 aliphatic rings. The van der Waals surface area contributed by atoms with Crippen molar-refractivity contribution >= 4 is 27.7 Å². The maximum absolute atomic E-state index is 11.9. The molecular formula is C13H12BrN3O. The second-order valence-electron chi connectivity index (χ2n) is 3.88. The van der Waals surface area contributed by atoms with Crippen LogP contribution < -0.4 is 5.32 Å². The standard InChI is InChI=1S/C13H12BrN3O/c1-8-4-3-5-11(15-8)13(18)17-12-7-6-10(14)9(2)16-12/h3-7H,1-2H3,(H,16,17,18). The first-order valence-electron chi connectivity index (χ1n) is 5.44. The summed E-state index contributed by atoms with van der Waals surface area (Å²) in [7, 11) is 0. The second-order valence-corrected chi connectivity index (χ2v) is 4.74. The monoisotopic (exact) mass is 305 g/mol. The highest BCUT2D eigenvalue weighted by molar-refractivity contribution is 9.10. The van der Waals surface area contributed by atoms with E-state index in [1.54, 1.807) is 18.2 Å². The fourth-order valence-electron chi connectivity index (χ4n) is 1.46. The number of hydrogen-bond donors (Lipinski definition) is 1. The van der Waals surface area contributed by atoms with Crippen LogP contribution in [0, 0.1) is 13.8 Å². The molecule has 2 aromatic heterocycles. The summed E-state index contributed by atoms with van der Waals surface area (Å²) < 4.78 is 0.911. The summed E-state index contributed by atoms with van der Waals surface area (Å²) in [6.07, 6.45) is 0. The molecule has 0 radical (unpaired) electrons. The summed E-state index contributed by atoms with van der Waals surface area (Å²) in [4.78, 5) is 20.4. The smallest absolute Gasteiger partial charge is 0.275 e. The minimum absolute atomic E-state index is 0.257. The van der Waals surface area contributed by atoms with E-state index in [1.807, 2.05) is 26.0 Å². The first-order valence-corrected chi connectivity index (χ1v) is 6.24. The van der Waals surface area contributed by atoms with Gasteiger partial charge in [-0.25, -0.2) is 9.97 Å². The van der Waals surface area contributed by atoms with Gasteiger partial charge in [0, 0.05) is 10.2 Å². The van der Waals surface area contributed by atoms with Crippen LogP contribution in [0.1, 0.15) is 21.9 Å². The summed E-state index contributed by atoms with van der Waals surface area (Å²) in [5, 5.41) is 2.72. The van der Waals surface area contributed by atoms with Crippen LogP contribution in [-0.4, -0.2) is 15.9 Å². The van der Waals surface area contributed by atoms with E-state index in [-0.39, 0.29) is 5.91 Å². The Morgan fingerprint density at radius 1 is 1.17 bits per heavy atom. The molecule has 5 heteroatoms. The maximum Gasteiger partial charge on any atom is 0.275 e. The molecule has 92 valence electrons. The summed E-state index contributed by atoms with van der Waals surface area (Å²) in [5.41, 5.74) is 2.02. The van der Waals surface area contributed by atoms with Gasteiger partial charge in [-0.05, 0) is 54.0 Å². The number of carbonyl (C=O) groups excluding carboxylic acids is 1. The van der Waals surface area contributed by atoms with Crippen molar-refractivity contribution in [2.75, 3.05) is 5.32 Å². The lowest BCUT2D eigenvalue weighted by atomic mass is 10.3. The lowest BCUT2D eigenvalue weighted by Crippen LogP contribution is -2.15. The third kappa shape index (κ3) is 2.92. The van der Waals surface area contributed by atoms with Crippen molar-refractivity contribution in [3.8, 4) is 0 Å². The fourth-order valence-corrected chi connectivity index (χ4v) is 1.68. The number of pyridine rings is 2. The molecule has 0 fully saturated rings. The van der Waals surface area contributed by atoms with Crippen molar-refractivity contribution in [3.05, 3.63) is 51.9 Å². The molecule has 0 saturated heterocycles. The topological polar surface area (TPSA) is 54.9 Å². The van der Waals surface area contributed by atoms with E-state index in [1.165, 1.54) is 0 Å². The van der Waals surface area contributed by atoms with Gasteiger partial charge in [0.05, 0.1) is 5.69 Å². The van der Waals surface area contributed by atoms with Crippen molar-refractivity contribution in [2.24, 2.45) is 0 Å². The number of halogens is 1. The van der Waals surface area contributed by atoms with Gasteiger partial charge in [-0.3, -0.25) is 4.79 Å². The molecule has 18 heavy (non-hydrogen) atoms. The van der Waals surface area contributed by atoms with Crippen LogP contribution in [0.5, 0.6) is 0 Å². The molecule has 0 aliphatic carbocycles. The fraction of sp³-hybridized carbons (Fsp3) is 0.154. The summed E-state index contributed by atoms with van der Waals surface area (Å²) >= 11 is 3.36. The molecule has 1 N–H and O–H groups in total. The van der Waals surface area contributed by atoms with E-state index in [0.717, 1.165) is 15.9 Å². The number of aryl methyl sites for hydroxylation is 2. The molecule has 2 heterocycles. The quantitative estimate of drug-likeness (QED) is 0.927. The van der Waals surface area contributed by atoms with Gasteiger partial charge in [0.15, 0.2) is 0 Å². The predicted octanol–water partition coefficient (Wildman–Crippen LogP) is 3.11. The largest absolute Gasteiger partial charge is 0.305 e. The van der Waals surface area contributed by atoms with Crippen LogP contribution >= 0.6 is 15.9 Å². The molecule has 0 aliphatic heterocycles. The van der Waals surface area contributed by atoms with E-state index >= 15 is 0 Å². The van der Waals surface area contributed by atoms with Crippen LogP contribution in [0.15, 0.2) is 34.8 Å². The molecular weight excluding hydrogens is 294 g/mol. The Morgan fingerprint density at radius 3 is 2.61 bits per heavy atom. The molecule has 0 atom stereocenters. The van der Waals surface area contributed by atoms with Gasteiger partial charge >= 0.3 is 0 Å². The van der Waals surface area contributed by atoms with E-state index in [0.29, 0.717) is 11.5 Å². The summed E-state index contributed by atoms with van der Waals surface area (Å²) in [5.74, 6) is 0.261. The van der Waals surface area contributed by atoms with Crippen molar-refractivity contribution in [3.63, 3.8) is 0 Å². The Kier molecular flexibility index (Phi) is 3.72. The number of amides is 1. The molecule has 1 amide bonds. The zero-order valence-corrected chi connectivity index (χ0v) is 11.7. The van der Waals surface area contributed by atoms with Gasteiger partial charge in [0.1, 0.15) is 11.5 Å². The second kappa shape index (κ2) is 5.27. The van der Waals surface area contributed by atoms with Gasteiger partial charge in [0.2, 0.25) is 0 Å². The van der Waals surface area contributed by atoms with Crippen molar-refractivity contribution in [2.45, 2.75) is 13.8 Å². The number of nitrogens with one attached hydrogen (secondary N) is 1. The van der Waals surface area contributed by atoms with E-state index in [2.05, 4.69) is 31.2 Å². The van der Waals surface area contributed by atoms with Crippen LogP contribution in [0.25, 0.3) is 0 Å². The predicted molar refractivity (Wildman–Crippen MR) is 73.6 cm³/mol. The normalized spacial score (nSPS) is 10.2. The van der Waals surface area contributed by atoms with Gasteiger partial charge in [-0.2, -0.15) is 0 Å². The van der Waals surface area contributed by atoms with E-state index < -0.39 is 0 Å². The van der Waals surface area contributed by atoms with Crippen LogP contribution in [-0.2, 0) is 0 Å². The zero-order chi connectivity index (χ0) is 13.1. The van der Waals surface area contributed by atoms with Crippen molar-refractivity contribution in [1.82, 2.24) is 9.97 Å². The Balaban J connectivity index is 2.18. The highest BCUT2D eigenvalue weighted by atomic mass is 79.9. The minimum Gasteiger partial charge on any atom is -0.305 e. The van der Waals surface area contributed by atoms with E-state index in [9.17, 15) is 4.79 Å². The number of carbonyl (C=O) groups is 1. The lowest BCUT2D eigenvalue weighted by Gasteiger charge is -2.06. The SMILES string of the molecule is Cc1cccc(C(=O)Nc2ccc(Br)c(C)n2)n1. The minimum atomic E-state index is -0.257. The first kappa shape index (κ1) is 12.7. The highest BCUT2D eigenvalue weighted by Gasteiger charge is 2.08. The molecule has 0 spiro atoms. The van der Waals surface area contributed by atoms with Gasteiger partial charge < -0.3 is 5.32 Å². The Hall–Kier alpha value is -1.75. The molecule has 0 aromatic carbocycles. The number of rotatable bonds is 2. The molecule has 2 aromatic rings. The average molecular weight is 306 g/mol. The van der Waals surface area contributed by atoms with Crippen molar-refractivity contribution < 1.29 is 4.79 Å². The Morgan fingerprint density at radius 2 is 1.94 bits per heavy atom. The molecule has 2 rings (SSSR count). The van der Waals surface area contributed by atoms with Crippen LogP contribution in [0.4, 0.5) is 5.82 Å². The highest BCUT2D eigenvalue weighted by Crippen LogP contribution is 2.16. The van der Waals surface area contributed by atoms with Gasteiger partial charge in [0.25, 0.3) is 5.91 Å². The molecule has 0 unspecified atom stereocenters. The van der Waals surface area contributed by atoms with Crippen LogP contribution in [0.2, 0.25) is 0 Å². The Bertz CT molecular complexity index is 599. The van der Waals surface area contributed by atoms with Gasteiger partial charge in [-0.1, -0.05) is 6.07 Å². The zero-order valence-electron chi connectivity index (χ0n) is 10.1. The third-order valence-electron chi connectivity index (χ3n) is 2.38. The average Bonchev–Trinajstić information content (AvgIpc) is 2.34. The van der Waals surface area contributed by atoms with Crippen LogP contribution in [0.3, 0.4) is 0 Å². The number of nitrogens with zero attached hydrogens (tertiary/aromatic N) is 2. The molecule has 0 saturated carbocycles. The molecule has 4 nitrogen and oxygen atoms in total. The lowest BCUT2D eigenvalue weighted by molar-refractivity contribution is 0.102.